The number of methoxy groups -OCH3 is 1. The molecule has 20 heavy (non-hydrogen) atoms. The predicted octanol–water partition coefficient (Wildman–Crippen LogP) is 1.60. The molecule has 0 aromatic heterocycles. The first-order valence-corrected chi connectivity index (χ1v) is 7.24. The van der Waals surface area contributed by atoms with Crippen molar-refractivity contribution in [2.45, 2.75) is 51.6 Å². The van der Waals surface area contributed by atoms with Gasteiger partial charge in [0.1, 0.15) is 0 Å². The Bertz CT molecular complexity index is 333. The molecule has 1 aliphatic carbocycles. The molecule has 3 atom stereocenters. The van der Waals surface area contributed by atoms with E-state index in [0.717, 1.165) is 19.3 Å². The van der Waals surface area contributed by atoms with Crippen LogP contribution in [0.2, 0.25) is 0 Å². The Kier molecular flexibility index (Phi) is 6.78. The summed E-state index contributed by atoms with van der Waals surface area (Å²) < 4.78 is 5.08. The Hall–Kier alpha value is -1.30. The highest BCUT2D eigenvalue weighted by molar-refractivity contribution is 5.77. The number of hydrogen-bond donors (Lipinski definition) is 3. The third-order valence-electron chi connectivity index (χ3n) is 3.87. The molecular formula is C14H26N2O4. The van der Waals surface area contributed by atoms with Crippen LogP contribution in [0.3, 0.4) is 0 Å². The van der Waals surface area contributed by atoms with E-state index in [4.69, 9.17) is 4.74 Å². The minimum Gasteiger partial charge on any atom is -0.481 e. The number of hydrogen-bond acceptors (Lipinski definition) is 3. The lowest BCUT2D eigenvalue weighted by Crippen LogP contribution is -2.52. The van der Waals surface area contributed by atoms with Crippen molar-refractivity contribution in [2.75, 3.05) is 13.7 Å². The minimum absolute atomic E-state index is 0.0770. The molecule has 0 spiro atoms. The minimum atomic E-state index is -0.827. The molecule has 2 amide bonds. The second-order valence-corrected chi connectivity index (χ2v) is 5.76. The molecule has 0 aromatic rings. The highest BCUT2D eigenvalue weighted by atomic mass is 16.5. The maximum absolute atomic E-state index is 12.0. The summed E-state index contributed by atoms with van der Waals surface area (Å²) in [6.45, 7) is 4.45. The fourth-order valence-electron chi connectivity index (χ4n) is 2.56. The molecule has 0 saturated heterocycles. The van der Waals surface area contributed by atoms with Gasteiger partial charge in [0, 0.05) is 13.2 Å². The molecule has 3 N–H and O–H groups in total. The number of rotatable bonds is 6. The number of carboxylic acids is 1. The smallest absolute Gasteiger partial charge is 0.315 e. The molecule has 3 unspecified atom stereocenters. The molecule has 0 radical (unpaired) electrons. The van der Waals surface area contributed by atoms with Gasteiger partial charge in [-0.25, -0.2) is 4.79 Å². The Morgan fingerprint density at radius 3 is 2.50 bits per heavy atom. The van der Waals surface area contributed by atoms with Gasteiger partial charge in [0.05, 0.1) is 18.6 Å². The number of aliphatic carboxylic acids is 1. The molecule has 1 aliphatic rings. The summed E-state index contributed by atoms with van der Waals surface area (Å²) in [5, 5.41) is 14.8. The summed E-state index contributed by atoms with van der Waals surface area (Å²) in [6.07, 6.45) is 3.22. The largest absolute Gasteiger partial charge is 0.481 e. The standard InChI is InChI=1S/C14H26N2O4/c1-9(2)12(8-20-3)16-14(19)15-11-7-5-4-6-10(11)13(17)18/h9-12H,4-8H2,1-3H3,(H,17,18)(H2,15,16,19). The van der Waals surface area contributed by atoms with Crippen LogP contribution in [0.1, 0.15) is 39.5 Å². The molecule has 0 bridgehead atoms. The summed E-state index contributed by atoms with van der Waals surface area (Å²) in [4.78, 5) is 23.2. The van der Waals surface area contributed by atoms with E-state index in [2.05, 4.69) is 10.6 Å². The molecule has 0 heterocycles. The van der Waals surface area contributed by atoms with E-state index in [0.29, 0.717) is 13.0 Å². The summed E-state index contributed by atoms with van der Waals surface area (Å²) in [6, 6.07) is -0.664. The van der Waals surface area contributed by atoms with Crippen LogP contribution >= 0.6 is 0 Å². The van der Waals surface area contributed by atoms with Crippen molar-refractivity contribution in [3.63, 3.8) is 0 Å². The van der Waals surface area contributed by atoms with Crippen molar-refractivity contribution in [3.05, 3.63) is 0 Å². The van der Waals surface area contributed by atoms with Gasteiger partial charge in [-0.15, -0.1) is 0 Å². The number of amides is 2. The van der Waals surface area contributed by atoms with E-state index in [1.807, 2.05) is 13.8 Å². The van der Waals surface area contributed by atoms with Crippen molar-refractivity contribution >= 4 is 12.0 Å². The van der Waals surface area contributed by atoms with Crippen LogP contribution in [-0.4, -0.2) is 42.9 Å². The van der Waals surface area contributed by atoms with Gasteiger partial charge in [0.15, 0.2) is 0 Å². The van der Waals surface area contributed by atoms with Crippen LogP contribution in [0.4, 0.5) is 4.79 Å². The van der Waals surface area contributed by atoms with Crippen LogP contribution in [0.5, 0.6) is 0 Å². The number of carbonyl (C=O) groups is 2. The van der Waals surface area contributed by atoms with Gasteiger partial charge in [-0.05, 0) is 18.8 Å². The monoisotopic (exact) mass is 286 g/mol. The molecule has 1 fully saturated rings. The quantitative estimate of drug-likeness (QED) is 0.692. The molecule has 6 heteroatoms. The zero-order chi connectivity index (χ0) is 15.1. The normalized spacial score (nSPS) is 24.2. The topological polar surface area (TPSA) is 87.7 Å². The Balaban J connectivity index is 2.52. The third kappa shape index (κ3) is 5.00. The van der Waals surface area contributed by atoms with E-state index < -0.39 is 11.9 Å². The molecule has 1 rings (SSSR count). The maximum atomic E-state index is 12.0. The number of carbonyl (C=O) groups excluding carboxylic acids is 1. The highest BCUT2D eigenvalue weighted by Crippen LogP contribution is 2.24. The van der Waals surface area contributed by atoms with E-state index in [1.54, 1.807) is 7.11 Å². The first kappa shape index (κ1) is 16.8. The Morgan fingerprint density at radius 1 is 1.30 bits per heavy atom. The lowest BCUT2D eigenvalue weighted by molar-refractivity contribution is -0.143. The number of nitrogens with one attached hydrogen (secondary N) is 2. The first-order chi connectivity index (χ1) is 9.45. The first-order valence-electron chi connectivity index (χ1n) is 7.24. The van der Waals surface area contributed by atoms with E-state index in [1.165, 1.54) is 0 Å². The van der Waals surface area contributed by atoms with Gasteiger partial charge in [0.2, 0.25) is 0 Å². The van der Waals surface area contributed by atoms with Crippen molar-refractivity contribution in [3.8, 4) is 0 Å². The lowest BCUT2D eigenvalue weighted by atomic mass is 9.84. The Morgan fingerprint density at radius 2 is 1.95 bits per heavy atom. The van der Waals surface area contributed by atoms with Crippen LogP contribution < -0.4 is 10.6 Å². The van der Waals surface area contributed by atoms with Gasteiger partial charge < -0.3 is 20.5 Å². The maximum Gasteiger partial charge on any atom is 0.315 e. The van der Waals surface area contributed by atoms with Gasteiger partial charge in [0.25, 0.3) is 0 Å². The number of urea groups is 1. The molecule has 1 saturated carbocycles. The van der Waals surface area contributed by atoms with Crippen molar-refractivity contribution in [1.82, 2.24) is 10.6 Å². The second kappa shape index (κ2) is 8.09. The predicted molar refractivity (Wildman–Crippen MR) is 75.6 cm³/mol. The van der Waals surface area contributed by atoms with Crippen molar-refractivity contribution < 1.29 is 19.4 Å². The second-order valence-electron chi connectivity index (χ2n) is 5.76. The highest BCUT2D eigenvalue weighted by Gasteiger charge is 2.32. The van der Waals surface area contributed by atoms with E-state index in [9.17, 15) is 14.7 Å². The van der Waals surface area contributed by atoms with Gasteiger partial charge in [-0.2, -0.15) is 0 Å². The SMILES string of the molecule is COCC(NC(=O)NC1CCCCC1C(=O)O)C(C)C. The summed E-state index contributed by atoms with van der Waals surface area (Å²) in [7, 11) is 1.59. The summed E-state index contributed by atoms with van der Waals surface area (Å²) in [5.41, 5.74) is 0. The molecular weight excluding hydrogens is 260 g/mol. The number of carboxylic acid groups (broad SMARTS) is 1. The fourth-order valence-corrected chi connectivity index (χ4v) is 2.56. The third-order valence-corrected chi connectivity index (χ3v) is 3.87. The van der Waals surface area contributed by atoms with Crippen molar-refractivity contribution in [1.29, 1.82) is 0 Å². The average Bonchev–Trinajstić information content (AvgIpc) is 2.38. The van der Waals surface area contributed by atoms with Gasteiger partial charge in [-0.3, -0.25) is 4.79 Å². The van der Waals surface area contributed by atoms with Gasteiger partial charge in [-0.1, -0.05) is 26.7 Å². The van der Waals surface area contributed by atoms with Gasteiger partial charge >= 0.3 is 12.0 Å². The number of ether oxygens (including phenoxy) is 1. The zero-order valence-corrected chi connectivity index (χ0v) is 12.5. The molecule has 0 aliphatic heterocycles. The lowest BCUT2D eigenvalue weighted by Gasteiger charge is -2.30. The van der Waals surface area contributed by atoms with Crippen LogP contribution in [-0.2, 0) is 9.53 Å². The fraction of sp³-hybridized carbons (Fsp3) is 0.857. The van der Waals surface area contributed by atoms with Crippen LogP contribution in [0, 0.1) is 11.8 Å². The average molecular weight is 286 g/mol. The van der Waals surface area contributed by atoms with Crippen LogP contribution in [0.25, 0.3) is 0 Å². The molecule has 0 aromatic carbocycles. The summed E-state index contributed by atoms with van der Waals surface area (Å²) >= 11 is 0. The van der Waals surface area contributed by atoms with E-state index >= 15 is 0 Å². The molecule has 116 valence electrons. The van der Waals surface area contributed by atoms with E-state index in [-0.39, 0.29) is 24.0 Å². The zero-order valence-electron chi connectivity index (χ0n) is 12.5. The van der Waals surface area contributed by atoms with Crippen molar-refractivity contribution in [2.24, 2.45) is 11.8 Å². The summed E-state index contributed by atoms with van der Waals surface area (Å²) in [5.74, 6) is -1.05. The molecule has 6 nitrogen and oxygen atoms in total. The van der Waals surface area contributed by atoms with Crippen LogP contribution in [0.15, 0.2) is 0 Å². The Labute approximate surface area is 120 Å².